The van der Waals surface area contributed by atoms with Gasteiger partial charge in [-0.1, -0.05) is 0 Å². The largest absolute Gasteiger partial charge is 0.315 e. The number of hydrogen-bond acceptors (Lipinski definition) is 3. The third-order valence-corrected chi connectivity index (χ3v) is 3.33. The summed E-state index contributed by atoms with van der Waals surface area (Å²) in [5.74, 6) is 0. The second-order valence-corrected chi connectivity index (χ2v) is 4.34. The molecule has 0 radical (unpaired) electrons. The Labute approximate surface area is 81.1 Å². The normalized spacial score (nSPS) is 33.5. The van der Waals surface area contributed by atoms with Gasteiger partial charge >= 0.3 is 0 Å². The van der Waals surface area contributed by atoms with Crippen LogP contribution in [0.15, 0.2) is 0 Å². The zero-order valence-electron chi connectivity index (χ0n) is 8.63. The monoisotopic (exact) mass is 183 g/mol. The van der Waals surface area contributed by atoms with Gasteiger partial charge in [-0.3, -0.25) is 4.90 Å². The third kappa shape index (κ3) is 2.42. The zero-order chi connectivity index (χ0) is 9.10. The fourth-order valence-corrected chi connectivity index (χ4v) is 2.33. The summed E-state index contributed by atoms with van der Waals surface area (Å²) < 4.78 is 0. The molecule has 0 aromatic rings. The minimum Gasteiger partial charge on any atom is -0.315 e. The van der Waals surface area contributed by atoms with Crippen molar-refractivity contribution in [3.63, 3.8) is 0 Å². The zero-order valence-corrected chi connectivity index (χ0v) is 8.63. The molecule has 3 nitrogen and oxygen atoms in total. The smallest absolute Gasteiger partial charge is 0.0222 e. The van der Waals surface area contributed by atoms with E-state index in [1.807, 2.05) is 0 Å². The Kier molecular flexibility index (Phi) is 3.19. The summed E-state index contributed by atoms with van der Waals surface area (Å²) in [5.41, 5.74) is 0. The predicted molar refractivity (Wildman–Crippen MR) is 55.0 cm³/mol. The Morgan fingerprint density at radius 2 is 1.92 bits per heavy atom. The van der Waals surface area contributed by atoms with Crippen LogP contribution in [-0.4, -0.2) is 62.2 Å². The molecule has 2 aliphatic heterocycles. The SMILES string of the molecule is CN1CCN([C@H]2CCCNC2)CC1. The molecule has 2 rings (SSSR count). The van der Waals surface area contributed by atoms with E-state index in [0.29, 0.717) is 0 Å². The molecule has 0 spiro atoms. The van der Waals surface area contributed by atoms with Crippen LogP contribution in [0, 0.1) is 0 Å². The topological polar surface area (TPSA) is 18.5 Å². The molecule has 1 N–H and O–H groups in total. The van der Waals surface area contributed by atoms with Crippen LogP contribution >= 0.6 is 0 Å². The average molecular weight is 183 g/mol. The Morgan fingerprint density at radius 3 is 2.54 bits per heavy atom. The third-order valence-electron chi connectivity index (χ3n) is 3.33. The first kappa shape index (κ1) is 9.44. The molecule has 3 heteroatoms. The molecular weight excluding hydrogens is 162 g/mol. The standard InChI is InChI=1S/C10H21N3/c1-12-5-7-13(8-6-12)10-3-2-4-11-9-10/h10-11H,2-9H2,1H3/t10-/m0/s1. The van der Waals surface area contributed by atoms with Gasteiger partial charge in [0.1, 0.15) is 0 Å². The van der Waals surface area contributed by atoms with Gasteiger partial charge in [0.15, 0.2) is 0 Å². The maximum absolute atomic E-state index is 3.49. The number of piperazine rings is 1. The van der Waals surface area contributed by atoms with Crippen LogP contribution in [-0.2, 0) is 0 Å². The molecule has 0 unspecified atom stereocenters. The van der Waals surface area contributed by atoms with Crippen LogP contribution < -0.4 is 5.32 Å². The molecule has 1 atom stereocenters. The molecule has 0 bridgehead atoms. The molecule has 0 aromatic heterocycles. The summed E-state index contributed by atoms with van der Waals surface area (Å²) in [7, 11) is 2.22. The van der Waals surface area contributed by atoms with Gasteiger partial charge < -0.3 is 10.2 Å². The van der Waals surface area contributed by atoms with Crippen molar-refractivity contribution in [2.45, 2.75) is 18.9 Å². The minimum atomic E-state index is 0.822. The summed E-state index contributed by atoms with van der Waals surface area (Å²) in [5, 5.41) is 3.49. The Balaban J connectivity index is 1.79. The second kappa shape index (κ2) is 4.40. The van der Waals surface area contributed by atoms with Gasteiger partial charge in [0, 0.05) is 38.8 Å². The van der Waals surface area contributed by atoms with Crippen LogP contribution in [0.5, 0.6) is 0 Å². The Hall–Kier alpha value is -0.120. The number of nitrogens with zero attached hydrogens (tertiary/aromatic N) is 2. The lowest BCUT2D eigenvalue weighted by atomic mass is 10.1. The summed E-state index contributed by atoms with van der Waals surface area (Å²) in [6, 6.07) is 0.822. The first-order valence-electron chi connectivity index (χ1n) is 5.49. The van der Waals surface area contributed by atoms with Crippen molar-refractivity contribution in [3.8, 4) is 0 Å². The summed E-state index contributed by atoms with van der Waals surface area (Å²) in [6.07, 6.45) is 2.76. The van der Waals surface area contributed by atoms with E-state index in [-0.39, 0.29) is 0 Å². The van der Waals surface area contributed by atoms with Gasteiger partial charge in [-0.05, 0) is 26.4 Å². The fourth-order valence-electron chi connectivity index (χ4n) is 2.33. The van der Waals surface area contributed by atoms with Crippen LogP contribution in [0.25, 0.3) is 0 Å². The van der Waals surface area contributed by atoms with Crippen LogP contribution in [0.1, 0.15) is 12.8 Å². The van der Waals surface area contributed by atoms with Crippen LogP contribution in [0.3, 0.4) is 0 Å². The summed E-state index contributed by atoms with van der Waals surface area (Å²) in [6.45, 7) is 7.46. The number of piperidine rings is 1. The van der Waals surface area contributed by atoms with Gasteiger partial charge in [0.2, 0.25) is 0 Å². The second-order valence-electron chi connectivity index (χ2n) is 4.34. The molecular formula is C10H21N3. The van der Waals surface area contributed by atoms with Crippen molar-refractivity contribution >= 4 is 0 Å². The fraction of sp³-hybridized carbons (Fsp3) is 1.00. The molecule has 0 amide bonds. The Bertz CT molecular complexity index is 146. The highest BCUT2D eigenvalue weighted by Crippen LogP contribution is 2.12. The van der Waals surface area contributed by atoms with Crippen LogP contribution in [0.4, 0.5) is 0 Å². The molecule has 0 aliphatic carbocycles. The van der Waals surface area contributed by atoms with Crippen molar-refractivity contribution in [1.82, 2.24) is 15.1 Å². The van der Waals surface area contributed by atoms with Gasteiger partial charge in [0.05, 0.1) is 0 Å². The molecule has 2 fully saturated rings. The van der Waals surface area contributed by atoms with E-state index in [1.54, 1.807) is 0 Å². The molecule has 0 saturated carbocycles. The van der Waals surface area contributed by atoms with E-state index in [2.05, 4.69) is 22.2 Å². The van der Waals surface area contributed by atoms with Crippen molar-refractivity contribution in [2.24, 2.45) is 0 Å². The molecule has 76 valence electrons. The molecule has 2 aliphatic rings. The van der Waals surface area contributed by atoms with Crippen molar-refractivity contribution in [1.29, 1.82) is 0 Å². The van der Waals surface area contributed by atoms with Crippen LogP contribution in [0.2, 0.25) is 0 Å². The van der Waals surface area contributed by atoms with Gasteiger partial charge in [-0.25, -0.2) is 0 Å². The van der Waals surface area contributed by atoms with Crippen molar-refractivity contribution in [3.05, 3.63) is 0 Å². The highest BCUT2D eigenvalue weighted by Gasteiger charge is 2.23. The van der Waals surface area contributed by atoms with E-state index in [4.69, 9.17) is 0 Å². The quantitative estimate of drug-likeness (QED) is 0.616. The van der Waals surface area contributed by atoms with Gasteiger partial charge in [-0.2, -0.15) is 0 Å². The van der Waals surface area contributed by atoms with Gasteiger partial charge in [-0.15, -0.1) is 0 Å². The Morgan fingerprint density at radius 1 is 1.15 bits per heavy atom. The summed E-state index contributed by atoms with van der Waals surface area (Å²) in [4.78, 5) is 5.08. The first-order valence-corrected chi connectivity index (χ1v) is 5.49. The van der Waals surface area contributed by atoms with Crippen molar-refractivity contribution in [2.75, 3.05) is 46.3 Å². The first-order chi connectivity index (χ1) is 6.36. The lowest BCUT2D eigenvalue weighted by Gasteiger charge is -2.39. The molecule has 2 saturated heterocycles. The number of likely N-dealkylation sites (N-methyl/N-ethyl adjacent to an activating group) is 1. The number of rotatable bonds is 1. The number of hydrogen-bond donors (Lipinski definition) is 1. The molecule has 2 heterocycles. The molecule has 13 heavy (non-hydrogen) atoms. The van der Waals surface area contributed by atoms with Gasteiger partial charge in [0.25, 0.3) is 0 Å². The van der Waals surface area contributed by atoms with E-state index >= 15 is 0 Å². The highest BCUT2D eigenvalue weighted by atomic mass is 15.3. The van der Waals surface area contributed by atoms with Crippen molar-refractivity contribution < 1.29 is 0 Å². The maximum atomic E-state index is 3.49. The van der Waals surface area contributed by atoms with E-state index in [0.717, 1.165) is 6.04 Å². The lowest BCUT2D eigenvalue weighted by Crippen LogP contribution is -2.53. The lowest BCUT2D eigenvalue weighted by molar-refractivity contribution is 0.0974. The summed E-state index contributed by atoms with van der Waals surface area (Å²) >= 11 is 0. The van der Waals surface area contributed by atoms with E-state index < -0.39 is 0 Å². The minimum absolute atomic E-state index is 0.822. The molecule has 0 aromatic carbocycles. The number of nitrogens with one attached hydrogen (secondary N) is 1. The average Bonchev–Trinajstić information content (AvgIpc) is 2.20. The predicted octanol–water partition coefficient (Wildman–Crippen LogP) is -0.0142. The van der Waals surface area contributed by atoms with E-state index in [9.17, 15) is 0 Å². The van der Waals surface area contributed by atoms with E-state index in [1.165, 1.54) is 52.1 Å². The highest BCUT2D eigenvalue weighted by molar-refractivity contribution is 4.81. The maximum Gasteiger partial charge on any atom is 0.0222 e.